The Morgan fingerprint density at radius 1 is 1.15 bits per heavy atom. The van der Waals surface area contributed by atoms with E-state index in [0.29, 0.717) is 18.7 Å². The molecule has 1 N–H and O–H groups in total. The molecule has 0 radical (unpaired) electrons. The Morgan fingerprint density at radius 3 is 2.52 bits per heavy atom. The minimum atomic E-state index is -0.433. The number of rotatable bonds is 5. The fourth-order valence-electron chi connectivity index (χ4n) is 3.36. The zero-order valence-corrected chi connectivity index (χ0v) is 15.4. The third-order valence-electron chi connectivity index (χ3n) is 5.02. The largest absolute Gasteiger partial charge is 0.328 e. The molecule has 27 heavy (non-hydrogen) atoms. The molecule has 1 saturated heterocycles. The first-order valence-electron chi connectivity index (χ1n) is 9.13. The smallest absolute Gasteiger partial charge is 0.276 e. The summed E-state index contributed by atoms with van der Waals surface area (Å²) in [5.74, 6) is -0.0944. The van der Waals surface area contributed by atoms with Crippen molar-refractivity contribution in [2.45, 2.75) is 13.5 Å². The summed E-state index contributed by atoms with van der Waals surface area (Å²) in [5, 5.41) is 11.1. The first-order chi connectivity index (χ1) is 13.0. The second kappa shape index (κ2) is 8.60. The van der Waals surface area contributed by atoms with Crippen LogP contribution in [0, 0.1) is 17.0 Å². The molecular formula is C21H24N3O3+. The van der Waals surface area contributed by atoms with E-state index in [9.17, 15) is 14.9 Å². The van der Waals surface area contributed by atoms with Crippen LogP contribution in [0.3, 0.4) is 0 Å². The lowest BCUT2D eigenvalue weighted by Gasteiger charge is -2.32. The van der Waals surface area contributed by atoms with E-state index in [-0.39, 0.29) is 11.6 Å². The van der Waals surface area contributed by atoms with Gasteiger partial charge in [0.1, 0.15) is 6.54 Å². The Labute approximate surface area is 158 Å². The molecule has 140 valence electrons. The summed E-state index contributed by atoms with van der Waals surface area (Å²) in [6.07, 6.45) is 2.97. The quantitative estimate of drug-likeness (QED) is 0.499. The van der Waals surface area contributed by atoms with Crippen LogP contribution in [0.2, 0.25) is 0 Å². The lowest BCUT2D eigenvalue weighted by Crippen LogP contribution is -3.13. The highest BCUT2D eigenvalue weighted by molar-refractivity contribution is 5.92. The number of hydrogen-bond acceptors (Lipinski definition) is 3. The highest BCUT2D eigenvalue weighted by atomic mass is 16.6. The van der Waals surface area contributed by atoms with Crippen molar-refractivity contribution in [3.8, 4) is 0 Å². The van der Waals surface area contributed by atoms with Gasteiger partial charge in [-0.2, -0.15) is 0 Å². The number of quaternary nitrogens is 1. The van der Waals surface area contributed by atoms with Crippen molar-refractivity contribution >= 4 is 17.7 Å². The highest BCUT2D eigenvalue weighted by Crippen LogP contribution is 2.19. The molecule has 0 aliphatic carbocycles. The summed E-state index contributed by atoms with van der Waals surface area (Å²) in [5.41, 5.74) is 3.10. The third kappa shape index (κ3) is 4.80. The molecular weight excluding hydrogens is 342 g/mol. The van der Waals surface area contributed by atoms with Crippen LogP contribution in [0.1, 0.15) is 16.7 Å². The average Bonchev–Trinajstić information content (AvgIpc) is 2.68. The molecule has 0 bridgehead atoms. The van der Waals surface area contributed by atoms with Crippen LogP contribution >= 0.6 is 0 Å². The second-order valence-electron chi connectivity index (χ2n) is 6.83. The second-order valence-corrected chi connectivity index (χ2v) is 6.83. The summed E-state index contributed by atoms with van der Waals surface area (Å²) >= 11 is 0. The van der Waals surface area contributed by atoms with Crippen molar-refractivity contribution in [3.63, 3.8) is 0 Å². The molecule has 1 heterocycles. The molecule has 0 atom stereocenters. The van der Waals surface area contributed by atoms with Crippen LogP contribution in [0.5, 0.6) is 0 Å². The first-order valence-corrected chi connectivity index (χ1v) is 9.13. The minimum absolute atomic E-state index is 0.00837. The highest BCUT2D eigenvalue weighted by Gasteiger charge is 2.23. The van der Waals surface area contributed by atoms with E-state index >= 15 is 0 Å². The van der Waals surface area contributed by atoms with E-state index < -0.39 is 4.92 Å². The van der Waals surface area contributed by atoms with Gasteiger partial charge in [-0.05, 0) is 24.6 Å². The van der Waals surface area contributed by atoms with Crippen molar-refractivity contribution in [2.24, 2.45) is 0 Å². The van der Waals surface area contributed by atoms with Crippen LogP contribution < -0.4 is 4.90 Å². The standard InChI is InChI=1S/C21H23N3O3/c1-17-6-2-3-8-19(17)16-22-12-14-23(15-13-22)21(25)11-10-18-7-4-5-9-20(18)24(26)27/h2-11H,12-16H2,1H3/p+1/b11-10+. The molecule has 1 aliphatic heterocycles. The molecule has 1 amide bonds. The number of benzene rings is 2. The maximum absolute atomic E-state index is 12.4. The van der Waals surface area contributed by atoms with E-state index in [1.54, 1.807) is 18.2 Å². The van der Waals surface area contributed by atoms with Gasteiger partial charge in [0, 0.05) is 17.7 Å². The van der Waals surface area contributed by atoms with Gasteiger partial charge in [-0.15, -0.1) is 0 Å². The summed E-state index contributed by atoms with van der Waals surface area (Å²) in [4.78, 5) is 26.3. The molecule has 1 aliphatic rings. The van der Waals surface area contributed by atoms with E-state index in [0.717, 1.165) is 19.6 Å². The number of piperazine rings is 1. The molecule has 3 rings (SSSR count). The van der Waals surface area contributed by atoms with Gasteiger partial charge < -0.3 is 9.80 Å². The molecule has 0 spiro atoms. The number of carbonyl (C=O) groups is 1. The molecule has 2 aromatic rings. The lowest BCUT2D eigenvalue weighted by atomic mass is 10.1. The molecule has 6 heteroatoms. The molecule has 0 aromatic heterocycles. The Kier molecular flexibility index (Phi) is 5.98. The molecule has 0 saturated carbocycles. The Morgan fingerprint density at radius 2 is 1.81 bits per heavy atom. The Hall–Kier alpha value is -2.99. The average molecular weight is 366 g/mol. The molecule has 0 unspecified atom stereocenters. The Balaban J connectivity index is 1.56. The van der Waals surface area contributed by atoms with Gasteiger partial charge in [-0.3, -0.25) is 14.9 Å². The Bertz CT molecular complexity index is 855. The topological polar surface area (TPSA) is 67.9 Å². The van der Waals surface area contributed by atoms with E-state index in [4.69, 9.17) is 0 Å². The predicted octanol–water partition coefficient (Wildman–Crippen LogP) is 1.84. The van der Waals surface area contributed by atoms with E-state index in [1.165, 1.54) is 34.2 Å². The van der Waals surface area contributed by atoms with Gasteiger partial charge in [0.05, 0.1) is 36.7 Å². The summed E-state index contributed by atoms with van der Waals surface area (Å²) < 4.78 is 0. The number of nitro groups is 1. The molecule has 2 aromatic carbocycles. The van der Waals surface area contributed by atoms with Crippen molar-refractivity contribution in [2.75, 3.05) is 26.2 Å². The van der Waals surface area contributed by atoms with Gasteiger partial charge in [0.2, 0.25) is 5.91 Å². The van der Waals surface area contributed by atoms with E-state index in [1.807, 2.05) is 11.0 Å². The van der Waals surface area contributed by atoms with Crippen molar-refractivity contribution in [1.29, 1.82) is 0 Å². The molecule has 1 fully saturated rings. The van der Waals surface area contributed by atoms with Crippen LogP contribution in [-0.2, 0) is 11.3 Å². The zero-order chi connectivity index (χ0) is 19.2. The predicted molar refractivity (Wildman–Crippen MR) is 104 cm³/mol. The summed E-state index contributed by atoms with van der Waals surface area (Å²) in [7, 11) is 0. The fraction of sp³-hybridized carbons (Fsp3) is 0.286. The monoisotopic (exact) mass is 366 g/mol. The number of aryl methyl sites for hydroxylation is 1. The zero-order valence-electron chi connectivity index (χ0n) is 15.4. The number of nitrogens with one attached hydrogen (secondary N) is 1. The normalized spacial score (nSPS) is 15.2. The molecule has 6 nitrogen and oxygen atoms in total. The number of amides is 1. The summed E-state index contributed by atoms with van der Waals surface area (Å²) in [6, 6.07) is 14.8. The van der Waals surface area contributed by atoms with Crippen LogP contribution in [-0.4, -0.2) is 41.9 Å². The summed E-state index contributed by atoms with van der Waals surface area (Å²) in [6.45, 7) is 6.30. The van der Waals surface area contributed by atoms with E-state index in [2.05, 4.69) is 25.1 Å². The van der Waals surface area contributed by atoms with Crippen molar-refractivity contribution in [3.05, 3.63) is 81.4 Å². The maximum Gasteiger partial charge on any atom is 0.276 e. The number of para-hydroxylation sites is 1. The third-order valence-corrected chi connectivity index (χ3v) is 5.02. The van der Waals surface area contributed by atoms with Gasteiger partial charge in [0.15, 0.2) is 0 Å². The van der Waals surface area contributed by atoms with Crippen LogP contribution in [0.4, 0.5) is 5.69 Å². The number of carbonyl (C=O) groups excluding carboxylic acids is 1. The maximum atomic E-state index is 12.4. The SMILES string of the molecule is Cc1ccccc1C[NH+]1CCN(C(=O)/C=C/c2ccccc2[N+](=O)[O-])CC1. The van der Waals surface area contributed by atoms with Gasteiger partial charge >= 0.3 is 0 Å². The van der Waals surface area contributed by atoms with Crippen LogP contribution in [0.25, 0.3) is 6.08 Å². The van der Waals surface area contributed by atoms with Crippen molar-refractivity contribution < 1.29 is 14.6 Å². The van der Waals surface area contributed by atoms with Crippen molar-refractivity contribution in [1.82, 2.24) is 4.90 Å². The number of nitro benzene ring substituents is 1. The van der Waals surface area contributed by atoms with Gasteiger partial charge in [-0.1, -0.05) is 36.4 Å². The van der Waals surface area contributed by atoms with Crippen LogP contribution in [0.15, 0.2) is 54.6 Å². The minimum Gasteiger partial charge on any atom is -0.328 e. The fourth-order valence-corrected chi connectivity index (χ4v) is 3.36. The lowest BCUT2D eigenvalue weighted by molar-refractivity contribution is -0.917. The van der Waals surface area contributed by atoms with Gasteiger partial charge in [0.25, 0.3) is 5.69 Å². The number of hydrogen-bond donors (Lipinski definition) is 1. The first kappa shape index (κ1) is 18.8. The van der Waals surface area contributed by atoms with Gasteiger partial charge in [-0.25, -0.2) is 0 Å². The number of nitrogens with zero attached hydrogens (tertiary/aromatic N) is 2.